The van der Waals surface area contributed by atoms with Gasteiger partial charge in [-0.25, -0.2) is 4.98 Å². The second-order valence-corrected chi connectivity index (χ2v) is 8.76. The van der Waals surface area contributed by atoms with Crippen LogP contribution in [0.4, 0.5) is 0 Å². The molecule has 0 bridgehead atoms. The molecule has 1 unspecified atom stereocenters. The molecule has 0 amide bonds. The summed E-state index contributed by atoms with van der Waals surface area (Å²) in [4.78, 5) is 23.4. The Hall–Kier alpha value is -2.06. The van der Waals surface area contributed by atoms with Crippen LogP contribution in [0, 0.1) is 12.8 Å². The summed E-state index contributed by atoms with van der Waals surface area (Å²) in [5.74, 6) is 1.04. The van der Waals surface area contributed by atoms with Gasteiger partial charge in [-0.15, -0.1) is 11.3 Å². The number of thiophene rings is 1. The smallest absolute Gasteiger partial charge is 0.260 e. The van der Waals surface area contributed by atoms with E-state index in [0.29, 0.717) is 30.2 Å². The molecule has 2 aromatic heterocycles. The molecule has 3 aromatic rings. The summed E-state index contributed by atoms with van der Waals surface area (Å²) >= 11 is 1.49. The van der Waals surface area contributed by atoms with Crippen LogP contribution in [0.25, 0.3) is 21.3 Å². The summed E-state index contributed by atoms with van der Waals surface area (Å²) < 4.78 is 5.04. The van der Waals surface area contributed by atoms with Crippen molar-refractivity contribution in [1.82, 2.24) is 14.9 Å². The van der Waals surface area contributed by atoms with Crippen molar-refractivity contribution in [3.05, 3.63) is 51.4 Å². The summed E-state index contributed by atoms with van der Waals surface area (Å²) in [6, 6.07) is 8.16. The molecule has 7 heteroatoms. The molecule has 0 spiro atoms. The van der Waals surface area contributed by atoms with Crippen molar-refractivity contribution in [2.75, 3.05) is 26.8 Å². The molecule has 0 fully saturated rings. The monoisotopic (exact) mass is 415 g/mol. The average Bonchev–Trinajstić information content (AvgIpc) is 3.06. The molecule has 0 aliphatic rings. The number of aromatic amines is 1. The minimum atomic E-state index is -0.580. The molecular weight excluding hydrogens is 386 g/mol. The quantitative estimate of drug-likeness (QED) is 0.560. The Bertz CT molecular complexity index is 995. The van der Waals surface area contributed by atoms with Crippen LogP contribution in [0.2, 0.25) is 0 Å². The van der Waals surface area contributed by atoms with Crippen molar-refractivity contribution in [3.63, 3.8) is 0 Å². The molecule has 1 atom stereocenters. The number of ether oxygens (including phenoxy) is 1. The SMILES string of the molecule is COCC(O)CN(Cc1nc2scc(-c3ccc(C)cc3)c2c(=O)[nH]1)CC(C)C. The van der Waals surface area contributed by atoms with E-state index >= 15 is 0 Å². The number of aromatic nitrogens is 2. The maximum Gasteiger partial charge on any atom is 0.260 e. The fourth-order valence-corrected chi connectivity index (χ4v) is 4.46. The van der Waals surface area contributed by atoms with Gasteiger partial charge in [0.15, 0.2) is 0 Å². The first-order valence-corrected chi connectivity index (χ1v) is 10.7. The van der Waals surface area contributed by atoms with Gasteiger partial charge in [-0.2, -0.15) is 0 Å². The molecule has 0 radical (unpaired) electrons. The van der Waals surface area contributed by atoms with Crippen LogP contribution in [0.3, 0.4) is 0 Å². The maximum absolute atomic E-state index is 12.9. The number of H-pyrrole nitrogens is 1. The number of fused-ring (bicyclic) bond motifs is 1. The highest BCUT2D eigenvalue weighted by molar-refractivity contribution is 7.17. The Kier molecular flexibility index (Phi) is 7.18. The maximum atomic E-state index is 12.9. The van der Waals surface area contributed by atoms with E-state index in [1.807, 2.05) is 36.6 Å². The lowest BCUT2D eigenvalue weighted by Crippen LogP contribution is -2.37. The zero-order chi connectivity index (χ0) is 21.0. The summed E-state index contributed by atoms with van der Waals surface area (Å²) in [7, 11) is 1.57. The topological polar surface area (TPSA) is 78.5 Å². The van der Waals surface area contributed by atoms with Crippen molar-refractivity contribution < 1.29 is 9.84 Å². The summed E-state index contributed by atoms with van der Waals surface area (Å²) in [6.45, 7) is 8.31. The van der Waals surface area contributed by atoms with Gasteiger partial charge in [0.2, 0.25) is 0 Å². The van der Waals surface area contributed by atoms with Gasteiger partial charge < -0.3 is 14.8 Å². The summed E-state index contributed by atoms with van der Waals surface area (Å²) in [5.41, 5.74) is 3.00. The second-order valence-electron chi connectivity index (χ2n) is 7.91. The lowest BCUT2D eigenvalue weighted by Gasteiger charge is -2.26. The first kappa shape index (κ1) is 21.6. The fourth-order valence-electron chi connectivity index (χ4n) is 3.49. The normalized spacial score (nSPS) is 12.9. The van der Waals surface area contributed by atoms with Crippen LogP contribution in [-0.2, 0) is 11.3 Å². The zero-order valence-corrected chi connectivity index (χ0v) is 18.3. The molecule has 2 heterocycles. The van der Waals surface area contributed by atoms with Crippen molar-refractivity contribution in [1.29, 1.82) is 0 Å². The van der Waals surface area contributed by atoms with Crippen molar-refractivity contribution >= 4 is 21.6 Å². The third-order valence-corrected chi connectivity index (χ3v) is 5.55. The Balaban J connectivity index is 1.88. The van der Waals surface area contributed by atoms with Crippen molar-refractivity contribution in [2.24, 2.45) is 5.92 Å². The van der Waals surface area contributed by atoms with E-state index in [4.69, 9.17) is 9.72 Å². The van der Waals surface area contributed by atoms with E-state index in [1.165, 1.54) is 16.9 Å². The molecule has 156 valence electrons. The zero-order valence-electron chi connectivity index (χ0n) is 17.4. The Morgan fingerprint density at radius 1 is 1.24 bits per heavy atom. The third-order valence-electron chi connectivity index (χ3n) is 4.68. The van der Waals surface area contributed by atoms with Gasteiger partial charge in [0, 0.05) is 31.1 Å². The van der Waals surface area contributed by atoms with E-state index in [2.05, 4.69) is 23.7 Å². The molecule has 0 saturated heterocycles. The molecule has 0 aliphatic carbocycles. The van der Waals surface area contributed by atoms with E-state index in [1.54, 1.807) is 7.11 Å². The largest absolute Gasteiger partial charge is 0.389 e. The number of nitrogens with one attached hydrogen (secondary N) is 1. The molecule has 29 heavy (non-hydrogen) atoms. The van der Waals surface area contributed by atoms with Crippen LogP contribution >= 0.6 is 11.3 Å². The Morgan fingerprint density at radius 2 is 1.97 bits per heavy atom. The number of hydrogen-bond donors (Lipinski definition) is 2. The minimum Gasteiger partial charge on any atom is -0.389 e. The van der Waals surface area contributed by atoms with Crippen molar-refractivity contribution in [3.8, 4) is 11.1 Å². The number of methoxy groups -OCH3 is 1. The predicted octanol–water partition coefficient (Wildman–Crippen LogP) is 3.43. The van der Waals surface area contributed by atoms with Gasteiger partial charge in [-0.1, -0.05) is 43.7 Å². The number of hydrogen-bond acceptors (Lipinski definition) is 6. The van der Waals surface area contributed by atoms with E-state index < -0.39 is 6.10 Å². The molecule has 2 N–H and O–H groups in total. The lowest BCUT2D eigenvalue weighted by atomic mass is 10.1. The first-order valence-electron chi connectivity index (χ1n) is 9.84. The van der Waals surface area contributed by atoms with Gasteiger partial charge in [0.1, 0.15) is 10.7 Å². The molecule has 6 nitrogen and oxygen atoms in total. The molecular formula is C22H29N3O3S. The number of aliphatic hydroxyl groups excluding tert-OH is 1. The minimum absolute atomic E-state index is 0.122. The van der Waals surface area contributed by atoms with Crippen molar-refractivity contribution in [2.45, 2.75) is 33.4 Å². The second kappa shape index (κ2) is 9.63. The van der Waals surface area contributed by atoms with E-state index in [0.717, 1.165) is 22.5 Å². The summed E-state index contributed by atoms with van der Waals surface area (Å²) in [6.07, 6.45) is -0.580. The van der Waals surface area contributed by atoms with Crippen LogP contribution in [0.15, 0.2) is 34.4 Å². The first-order chi connectivity index (χ1) is 13.9. The average molecular weight is 416 g/mol. The van der Waals surface area contributed by atoms with E-state index in [9.17, 15) is 9.90 Å². The molecule has 1 aromatic carbocycles. The van der Waals surface area contributed by atoms with Crippen LogP contribution in [0.1, 0.15) is 25.2 Å². The molecule has 0 saturated carbocycles. The lowest BCUT2D eigenvalue weighted by molar-refractivity contribution is 0.0325. The number of rotatable bonds is 9. The molecule has 3 rings (SSSR count). The van der Waals surface area contributed by atoms with Crippen LogP contribution < -0.4 is 5.56 Å². The van der Waals surface area contributed by atoms with Gasteiger partial charge >= 0.3 is 0 Å². The van der Waals surface area contributed by atoms with Crippen LogP contribution in [-0.4, -0.2) is 52.9 Å². The summed E-state index contributed by atoms with van der Waals surface area (Å²) in [5, 5.41) is 12.8. The molecule has 0 aliphatic heterocycles. The predicted molar refractivity (Wildman–Crippen MR) is 118 cm³/mol. The number of aryl methyl sites for hydroxylation is 1. The fraction of sp³-hybridized carbons (Fsp3) is 0.455. The van der Waals surface area contributed by atoms with Gasteiger partial charge in [0.25, 0.3) is 5.56 Å². The van der Waals surface area contributed by atoms with Crippen LogP contribution in [0.5, 0.6) is 0 Å². The van der Waals surface area contributed by atoms with Gasteiger partial charge in [-0.3, -0.25) is 9.69 Å². The third kappa shape index (κ3) is 5.51. The number of benzene rings is 1. The highest BCUT2D eigenvalue weighted by atomic mass is 32.1. The van der Waals surface area contributed by atoms with Gasteiger partial charge in [-0.05, 0) is 18.4 Å². The Labute approximate surface area is 175 Å². The standard InChI is InChI=1S/C22H29N3O3S/c1-14(2)9-25(10-17(26)12-28-4)11-19-23-21(27)20-18(13-29-22(20)24-19)16-7-5-15(3)6-8-16/h5-8,13-14,17,26H,9-12H2,1-4H3,(H,23,24,27). The van der Waals surface area contributed by atoms with E-state index in [-0.39, 0.29) is 12.2 Å². The number of aliphatic hydroxyl groups is 1. The van der Waals surface area contributed by atoms with Gasteiger partial charge in [0.05, 0.1) is 24.6 Å². The highest BCUT2D eigenvalue weighted by Gasteiger charge is 2.17. The number of nitrogens with zero attached hydrogens (tertiary/aromatic N) is 2. The Morgan fingerprint density at radius 3 is 2.62 bits per heavy atom. The highest BCUT2D eigenvalue weighted by Crippen LogP contribution is 2.30.